The topological polar surface area (TPSA) is 58.4 Å². The summed E-state index contributed by atoms with van der Waals surface area (Å²) in [5.74, 6) is 0. The van der Waals surface area contributed by atoms with Gasteiger partial charge in [-0.2, -0.15) is 20.7 Å². The molecule has 0 radical (unpaired) electrons. The third-order valence-corrected chi connectivity index (χ3v) is 7.39. The fraction of sp³-hybridized carbons (Fsp3) is 0.316. The highest BCUT2D eigenvalue weighted by atomic mass is 32.2. The molecular weight excluding hydrogens is 380 g/mol. The second-order valence-electron chi connectivity index (χ2n) is 6.73. The first-order valence-corrected chi connectivity index (χ1v) is 11.3. The van der Waals surface area contributed by atoms with Crippen molar-refractivity contribution in [2.24, 2.45) is 0 Å². The lowest BCUT2D eigenvalue weighted by Crippen LogP contribution is -2.48. The highest BCUT2D eigenvalue weighted by Crippen LogP contribution is 2.21. The molecule has 0 unspecified atom stereocenters. The zero-order chi connectivity index (χ0) is 18.9. The van der Waals surface area contributed by atoms with E-state index < -0.39 is 10.0 Å². The maximum atomic E-state index is 12.8. The van der Waals surface area contributed by atoms with Crippen LogP contribution in [-0.4, -0.2) is 53.6 Å². The maximum Gasteiger partial charge on any atom is 0.243 e. The Balaban J connectivity index is 1.37. The summed E-state index contributed by atoms with van der Waals surface area (Å²) >= 11 is 1.66. The predicted molar refractivity (Wildman–Crippen MR) is 107 cm³/mol. The van der Waals surface area contributed by atoms with E-state index in [1.165, 1.54) is 0 Å². The summed E-state index contributed by atoms with van der Waals surface area (Å²) < 4.78 is 29.1. The lowest BCUT2D eigenvalue weighted by molar-refractivity contribution is 0.146. The van der Waals surface area contributed by atoms with Gasteiger partial charge in [-0.15, -0.1) is 0 Å². The van der Waals surface area contributed by atoms with Crippen LogP contribution in [-0.2, 0) is 16.7 Å². The molecule has 142 valence electrons. The number of hydrogen-bond acceptors (Lipinski definition) is 5. The summed E-state index contributed by atoms with van der Waals surface area (Å²) in [7, 11) is -3.42. The number of aryl methyl sites for hydroxylation is 1. The molecule has 27 heavy (non-hydrogen) atoms. The van der Waals surface area contributed by atoms with Crippen LogP contribution in [0.2, 0.25) is 0 Å². The van der Waals surface area contributed by atoms with Gasteiger partial charge in [0.2, 0.25) is 10.0 Å². The van der Waals surface area contributed by atoms with Crippen LogP contribution in [0.1, 0.15) is 5.56 Å². The molecule has 1 aromatic carbocycles. The quantitative estimate of drug-likeness (QED) is 0.658. The molecule has 0 aliphatic carbocycles. The van der Waals surface area contributed by atoms with Gasteiger partial charge < -0.3 is 0 Å². The SMILES string of the molecule is Cc1ccc(S(=O)(=O)N2CCN(Cn3ccc(-c4ccsc4)n3)CC2)cc1. The number of thiophene rings is 1. The molecule has 4 rings (SSSR count). The van der Waals surface area contributed by atoms with Gasteiger partial charge in [0.25, 0.3) is 0 Å². The van der Waals surface area contributed by atoms with Gasteiger partial charge in [0.15, 0.2) is 0 Å². The summed E-state index contributed by atoms with van der Waals surface area (Å²) in [5.41, 5.74) is 3.16. The van der Waals surface area contributed by atoms with Crippen LogP contribution >= 0.6 is 11.3 Å². The van der Waals surface area contributed by atoms with Crippen molar-refractivity contribution in [1.29, 1.82) is 0 Å². The summed E-state index contributed by atoms with van der Waals surface area (Å²) in [6, 6.07) is 11.1. The van der Waals surface area contributed by atoms with E-state index in [1.807, 2.05) is 41.4 Å². The molecule has 8 heteroatoms. The molecule has 6 nitrogen and oxygen atoms in total. The predicted octanol–water partition coefficient (Wildman–Crippen LogP) is 2.88. The van der Waals surface area contributed by atoms with Crippen LogP contribution in [0.15, 0.2) is 58.3 Å². The van der Waals surface area contributed by atoms with Crippen LogP contribution in [0.25, 0.3) is 11.3 Å². The largest absolute Gasteiger partial charge is 0.282 e. The van der Waals surface area contributed by atoms with Crippen molar-refractivity contribution in [2.75, 3.05) is 26.2 Å². The standard InChI is InChI=1S/C19H22N4O2S2/c1-16-2-4-18(5-3-16)27(24,25)23-11-9-21(10-12-23)15-22-8-6-19(20-22)17-7-13-26-14-17/h2-8,13-14H,9-12,15H2,1H3. The van der Waals surface area contributed by atoms with E-state index in [-0.39, 0.29) is 0 Å². The minimum absolute atomic E-state index is 0.369. The Morgan fingerprint density at radius 1 is 1.04 bits per heavy atom. The minimum Gasteiger partial charge on any atom is -0.282 e. The highest BCUT2D eigenvalue weighted by Gasteiger charge is 2.28. The molecule has 0 bridgehead atoms. The van der Waals surface area contributed by atoms with Gasteiger partial charge in [-0.3, -0.25) is 9.58 Å². The van der Waals surface area contributed by atoms with Gasteiger partial charge in [0.1, 0.15) is 0 Å². The molecule has 0 atom stereocenters. The second kappa shape index (κ2) is 7.55. The molecule has 3 aromatic rings. The molecule has 2 aromatic heterocycles. The highest BCUT2D eigenvalue weighted by molar-refractivity contribution is 7.89. The zero-order valence-electron chi connectivity index (χ0n) is 15.2. The zero-order valence-corrected chi connectivity index (χ0v) is 16.8. The van der Waals surface area contributed by atoms with E-state index in [4.69, 9.17) is 0 Å². The molecule has 1 aliphatic heterocycles. The summed E-state index contributed by atoms with van der Waals surface area (Å²) in [5, 5.41) is 8.75. The molecule has 1 aliphatic rings. The lowest BCUT2D eigenvalue weighted by atomic mass is 10.2. The van der Waals surface area contributed by atoms with Crippen molar-refractivity contribution in [3.8, 4) is 11.3 Å². The van der Waals surface area contributed by atoms with E-state index >= 15 is 0 Å². The number of nitrogens with zero attached hydrogens (tertiary/aromatic N) is 4. The van der Waals surface area contributed by atoms with Gasteiger partial charge in [0, 0.05) is 43.3 Å². The molecule has 0 N–H and O–H groups in total. The molecular formula is C19H22N4O2S2. The number of rotatable bonds is 5. The average molecular weight is 403 g/mol. The van der Waals surface area contributed by atoms with Crippen molar-refractivity contribution in [2.45, 2.75) is 18.5 Å². The third kappa shape index (κ3) is 3.98. The average Bonchev–Trinajstić information content (AvgIpc) is 3.34. The molecule has 0 spiro atoms. The maximum absolute atomic E-state index is 12.8. The number of hydrogen-bond donors (Lipinski definition) is 0. The van der Waals surface area contributed by atoms with Gasteiger partial charge >= 0.3 is 0 Å². The van der Waals surface area contributed by atoms with Crippen LogP contribution in [0.3, 0.4) is 0 Å². The number of sulfonamides is 1. The van der Waals surface area contributed by atoms with Crippen LogP contribution in [0.5, 0.6) is 0 Å². The molecule has 0 saturated carbocycles. The molecule has 1 saturated heterocycles. The Morgan fingerprint density at radius 3 is 2.44 bits per heavy atom. The van der Waals surface area contributed by atoms with E-state index in [2.05, 4.69) is 21.4 Å². The van der Waals surface area contributed by atoms with Gasteiger partial charge in [0.05, 0.1) is 17.3 Å². The number of piperazine rings is 1. The molecule has 1 fully saturated rings. The van der Waals surface area contributed by atoms with E-state index in [0.29, 0.717) is 37.7 Å². The Kier molecular flexibility index (Phi) is 5.14. The first-order chi connectivity index (χ1) is 13.0. The van der Waals surface area contributed by atoms with Gasteiger partial charge in [-0.1, -0.05) is 17.7 Å². The van der Waals surface area contributed by atoms with E-state index in [9.17, 15) is 8.42 Å². The van der Waals surface area contributed by atoms with Crippen molar-refractivity contribution in [1.82, 2.24) is 19.0 Å². The summed E-state index contributed by atoms with van der Waals surface area (Å²) in [6.45, 7) is 5.00. The normalized spacial score (nSPS) is 16.6. The Bertz CT molecular complexity index is 987. The van der Waals surface area contributed by atoms with Crippen molar-refractivity contribution < 1.29 is 8.42 Å². The smallest absolute Gasteiger partial charge is 0.243 e. The Morgan fingerprint density at radius 2 is 1.78 bits per heavy atom. The van der Waals surface area contributed by atoms with Crippen molar-refractivity contribution in [3.63, 3.8) is 0 Å². The van der Waals surface area contributed by atoms with E-state index in [0.717, 1.165) is 16.8 Å². The first-order valence-electron chi connectivity index (χ1n) is 8.87. The lowest BCUT2D eigenvalue weighted by Gasteiger charge is -2.33. The summed E-state index contributed by atoms with van der Waals surface area (Å²) in [6.07, 6.45) is 1.97. The van der Waals surface area contributed by atoms with E-state index in [1.54, 1.807) is 27.8 Å². The Labute approximate surface area is 163 Å². The molecule has 3 heterocycles. The van der Waals surface area contributed by atoms with Crippen molar-refractivity contribution >= 4 is 21.4 Å². The Hall–Kier alpha value is -2.00. The fourth-order valence-electron chi connectivity index (χ4n) is 3.18. The van der Waals surface area contributed by atoms with Crippen molar-refractivity contribution in [3.05, 3.63) is 58.9 Å². The fourth-order valence-corrected chi connectivity index (χ4v) is 5.25. The van der Waals surface area contributed by atoms with Crippen LogP contribution in [0.4, 0.5) is 0 Å². The third-order valence-electron chi connectivity index (χ3n) is 4.79. The van der Waals surface area contributed by atoms with Crippen LogP contribution in [0, 0.1) is 6.92 Å². The van der Waals surface area contributed by atoms with Gasteiger partial charge in [-0.25, -0.2) is 8.42 Å². The second-order valence-corrected chi connectivity index (χ2v) is 9.45. The monoisotopic (exact) mass is 402 g/mol. The number of benzene rings is 1. The molecule has 0 amide bonds. The first kappa shape index (κ1) is 18.4. The minimum atomic E-state index is -3.42. The van der Waals surface area contributed by atoms with Gasteiger partial charge in [-0.05, 0) is 36.6 Å². The summed E-state index contributed by atoms with van der Waals surface area (Å²) in [4.78, 5) is 2.60. The van der Waals surface area contributed by atoms with Crippen LogP contribution < -0.4 is 0 Å². The number of aromatic nitrogens is 2.